The molecule has 0 atom stereocenters. The molecule has 0 aliphatic carbocycles. The predicted molar refractivity (Wildman–Crippen MR) is 187 cm³/mol. The van der Waals surface area contributed by atoms with E-state index in [1.54, 1.807) is 18.2 Å². The molecule has 0 bridgehead atoms. The van der Waals surface area contributed by atoms with Gasteiger partial charge in [0.05, 0.1) is 28.5 Å². The van der Waals surface area contributed by atoms with Gasteiger partial charge in [-0.2, -0.15) is 0 Å². The quantitative estimate of drug-likeness (QED) is 0.130. The summed E-state index contributed by atoms with van der Waals surface area (Å²) in [6.45, 7) is 8.75. The molecule has 2 aliphatic rings. The average Bonchev–Trinajstić information content (AvgIpc) is 3.10. The first-order valence-electron chi connectivity index (χ1n) is 16.1. The van der Waals surface area contributed by atoms with Gasteiger partial charge >= 0.3 is 6.03 Å². The van der Waals surface area contributed by atoms with Crippen molar-refractivity contribution >= 4 is 63.2 Å². The third kappa shape index (κ3) is 8.33. The molecule has 50 heavy (non-hydrogen) atoms. The number of carbonyl (C=O) groups is 3. The molecule has 0 spiro atoms. The summed E-state index contributed by atoms with van der Waals surface area (Å²) in [6, 6.07) is 11.9. The third-order valence-corrected chi connectivity index (χ3v) is 8.76. The number of rotatable bonds is 12. The number of hydrogen-bond donors (Lipinski definition) is 3. The Balaban J connectivity index is 1.02. The van der Waals surface area contributed by atoms with Gasteiger partial charge in [0, 0.05) is 69.4 Å². The van der Waals surface area contributed by atoms with Gasteiger partial charge < -0.3 is 20.3 Å². The minimum absolute atomic E-state index is 0.0316. The summed E-state index contributed by atoms with van der Waals surface area (Å²) in [7, 11) is 0. The lowest BCUT2D eigenvalue weighted by Crippen LogP contribution is -2.49. The number of halogens is 3. The highest BCUT2D eigenvalue weighted by molar-refractivity contribution is 6.31. The summed E-state index contributed by atoms with van der Waals surface area (Å²) < 4.78 is 34.7. The number of benzene rings is 3. The Labute approximate surface area is 292 Å². The normalized spacial score (nSPS) is 15.5. The molecule has 4 amide bonds. The van der Waals surface area contributed by atoms with Gasteiger partial charge in [0.15, 0.2) is 0 Å². The van der Waals surface area contributed by atoms with Crippen LogP contribution in [0.1, 0.15) is 18.4 Å². The molecule has 15 heteroatoms. The largest absolute Gasteiger partial charge is 0.491 e. The highest BCUT2D eigenvalue weighted by atomic mass is 35.5. The Hall–Kier alpha value is -5.18. The van der Waals surface area contributed by atoms with Gasteiger partial charge in [0.1, 0.15) is 29.5 Å². The molecule has 0 unspecified atom stereocenters. The predicted octanol–water partition coefficient (Wildman–Crippen LogP) is 5.46. The SMILES string of the molecule is C=CC(=O)Nc1cc2c(Nc3ccc(F)c(Cl)c3)ncnc2cc1OCCCN1CCN(Cc2ccc(N3CCC(=O)NC3=O)c(F)c2)CC1. The molecule has 2 aliphatic heterocycles. The molecule has 3 N–H and O–H groups in total. The first kappa shape index (κ1) is 34.7. The standard InChI is InChI=1S/C35H35ClF2N8O4/c1-2-32(47)42-29-18-24-28(39-21-40-34(24)41-23-5-6-26(37)25(36)17-23)19-31(29)50-15-3-9-44-11-13-45(14-12-44)20-22-4-7-30(27(38)16-22)46-10-8-33(48)43-35(46)49/h2,4-7,16-19,21H,1,3,8-15,20H2,(H,42,47)(H,39,40,41)(H,43,48,49). The van der Waals surface area contributed by atoms with E-state index in [1.807, 2.05) is 6.07 Å². The van der Waals surface area contributed by atoms with Gasteiger partial charge in [0.25, 0.3) is 0 Å². The van der Waals surface area contributed by atoms with Gasteiger partial charge in [0.2, 0.25) is 11.8 Å². The zero-order chi connectivity index (χ0) is 35.2. The molecule has 12 nitrogen and oxygen atoms in total. The fourth-order valence-electron chi connectivity index (χ4n) is 5.86. The number of ether oxygens (including phenoxy) is 1. The molecule has 4 aromatic rings. The number of urea groups is 1. The number of nitrogens with one attached hydrogen (secondary N) is 3. The summed E-state index contributed by atoms with van der Waals surface area (Å²) in [5, 5.41) is 8.71. The summed E-state index contributed by atoms with van der Waals surface area (Å²) in [4.78, 5) is 50.4. The number of nitrogens with zero attached hydrogens (tertiary/aromatic N) is 5. The van der Waals surface area contributed by atoms with E-state index in [0.717, 1.165) is 44.7 Å². The van der Waals surface area contributed by atoms with Gasteiger partial charge in [-0.15, -0.1) is 0 Å². The first-order chi connectivity index (χ1) is 24.2. The molecule has 6 rings (SSSR count). The smallest absolute Gasteiger partial charge is 0.328 e. The van der Waals surface area contributed by atoms with Crippen LogP contribution in [0.2, 0.25) is 5.02 Å². The molecule has 3 heterocycles. The fraction of sp³-hybridized carbons (Fsp3) is 0.286. The highest BCUT2D eigenvalue weighted by Gasteiger charge is 2.26. The zero-order valence-electron chi connectivity index (χ0n) is 27.1. The lowest BCUT2D eigenvalue weighted by Gasteiger charge is -2.34. The number of fused-ring (bicyclic) bond motifs is 1. The monoisotopic (exact) mass is 704 g/mol. The highest BCUT2D eigenvalue weighted by Crippen LogP contribution is 2.34. The minimum Gasteiger partial charge on any atom is -0.491 e. The number of anilines is 4. The van der Waals surface area contributed by atoms with Crippen LogP contribution in [0.15, 0.2) is 67.5 Å². The van der Waals surface area contributed by atoms with Crippen LogP contribution in [0.3, 0.4) is 0 Å². The molecular formula is C35H35ClF2N8O4. The molecule has 1 aromatic heterocycles. The van der Waals surface area contributed by atoms with Crippen molar-refractivity contribution in [1.82, 2.24) is 25.1 Å². The van der Waals surface area contributed by atoms with E-state index in [9.17, 15) is 23.2 Å². The minimum atomic E-state index is -0.612. The van der Waals surface area contributed by atoms with Gasteiger partial charge in [-0.05, 0) is 54.5 Å². The number of piperazine rings is 1. The number of aromatic nitrogens is 2. The van der Waals surface area contributed by atoms with Crippen LogP contribution in [0.25, 0.3) is 10.9 Å². The second-order valence-corrected chi connectivity index (χ2v) is 12.3. The van der Waals surface area contributed by atoms with Gasteiger partial charge in [-0.1, -0.05) is 24.2 Å². The van der Waals surface area contributed by atoms with Crippen molar-refractivity contribution in [3.05, 3.63) is 89.7 Å². The number of amides is 4. The van der Waals surface area contributed by atoms with Crippen LogP contribution in [-0.4, -0.2) is 83.5 Å². The average molecular weight is 705 g/mol. The molecule has 3 aromatic carbocycles. The maximum atomic E-state index is 14.9. The number of carbonyl (C=O) groups excluding carboxylic acids is 3. The van der Waals surface area contributed by atoms with Crippen molar-refractivity contribution in [2.75, 3.05) is 61.4 Å². The summed E-state index contributed by atoms with van der Waals surface area (Å²) in [5.74, 6) is -0.922. The van der Waals surface area contributed by atoms with Crippen molar-refractivity contribution in [2.45, 2.75) is 19.4 Å². The maximum Gasteiger partial charge on any atom is 0.328 e. The van der Waals surface area contributed by atoms with Crippen LogP contribution in [0.4, 0.5) is 36.5 Å². The molecule has 0 radical (unpaired) electrons. The second-order valence-electron chi connectivity index (χ2n) is 11.9. The van der Waals surface area contributed by atoms with Crippen molar-refractivity contribution in [2.24, 2.45) is 0 Å². The van der Waals surface area contributed by atoms with Gasteiger partial charge in [-0.3, -0.25) is 24.7 Å². The van der Waals surface area contributed by atoms with Crippen LogP contribution in [0.5, 0.6) is 5.75 Å². The molecular weight excluding hydrogens is 670 g/mol. The van der Waals surface area contributed by atoms with E-state index < -0.39 is 23.6 Å². The summed E-state index contributed by atoms with van der Waals surface area (Å²) in [5.41, 5.74) is 2.49. The Bertz CT molecular complexity index is 1940. The Kier molecular flexibility index (Phi) is 10.8. The van der Waals surface area contributed by atoms with Crippen LogP contribution < -0.4 is 25.6 Å². The Morgan fingerprint density at radius 2 is 1.80 bits per heavy atom. The number of imide groups is 1. The first-order valence-corrected chi connectivity index (χ1v) is 16.5. The van der Waals surface area contributed by atoms with Gasteiger partial charge in [-0.25, -0.2) is 23.5 Å². The summed E-state index contributed by atoms with van der Waals surface area (Å²) in [6.07, 6.45) is 3.43. The van der Waals surface area contributed by atoms with Crippen LogP contribution in [0, 0.1) is 11.6 Å². The topological polar surface area (TPSA) is 132 Å². The summed E-state index contributed by atoms with van der Waals surface area (Å²) >= 11 is 5.94. The molecule has 2 saturated heterocycles. The maximum absolute atomic E-state index is 14.9. The Morgan fingerprint density at radius 1 is 1.00 bits per heavy atom. The van der Waals surface area contributed by atoms with E-state index in [2.05, 4.69) is 42.3 Å². The molecule has 260 valence electrons. The zero-order valence-corrected chi connectivity index (χ0v) is 27.8. The van der Waals surface area contributed by atoms with Crippen LogP contribution in [-0.2, 0) is 16.1 Å². The van der Waals surface area contributed by atoms with E-state index in [-0.39, 0.29) is 29.6 Å². The van der Waals surface area contributed by atoms with Crippen LogP contribution >= 0.6 is 11.6 Å². The van der Waals surface area contributed by atoms with E-state index in [0.29, 0.717) is 47.0 Å². The van der Waals surface area contributed by atoms with Crippen molar-refractivity contribution in [3.63, 3.8) is 0 Å². The molecule has 0 saturated carbocycles. The lowest BCUT2D eigenvalue weighted by molar-refractivity contribution is -0.120. The van der Waals surface area contributed by atoms with E-state index in [1.165, 1.54) is 41.6 Å². The Morgan fingerprint density at radius 3 is 2.54 bits per heavy atom. The second kappa shape index (κ2) is 15.6. The van der Waals surface area contributed by atoms with E-state index >= 15 is 0 Å². The van der Waals surface area contributed by atoms with Crippen molar-refractivity contribution < 1.29 is 27.9 Å². The van der Waals surface area contributed by atoms with Crippen molar-refractivity contribution in [1.29, 1.82) is 0 Å². The molecule has 2 fully saturated rings. The third-order valence-electron chi connectivity index (χ3n) is 8.47. The number of hydrogen-bond acceptors (Lipinski definition) is 9. The lowest BCUT2D eigenvalue weighted by atomic mass is 10.1. The van der Waals surface area contributed by atoms with E-state index in [4.69, 9.17) is 16.3 Å². The van der Waals surface area contributed by atoms with Crippen molar-refractivity contribution in [3.8, 4) is 5.75 Å². The fourth-order valence-corrected chi connectivity index (χ4v) is 6.04.